The molecule has 4 nitrogen and oxygen atoms in total. The number of anilines is 1. The van der Waals surface area contributed by atoms with Gasteiger partial charge in [0.15, 0.2) is 0 Å². The van der Waals surface area contributed by atoms with Gasteiger partial charge in [0.1, 0.15) is 11.9 Å². The van der Waals surface area contributed by atoms with Gasteiger partial charge in [0.2, 0.25) is 11.8 Å². The highest BCUT2D eigenvalue weighted by molar-refractivity contribution is 6.31. The second kappa shape index (κ2) is 9.36. The van der Waals surface area contributed by atoms with Crippen LogP contribution >= 0.6 is 11.6 Å². The minimum Gasteiger partial charge on any atom is -0.344 e. The summed E-state index contributed by atoms with van der Waals surface area (Å²) in [5, 5.41) is 5.59. The Bertz CT molecular complexity index is 643. The van der Waals surface area contributed by atoms with Gasteiger partial charge in [0.05, 0.1) is 5.02 Å². The molecule has 0 radical (unpaired) electrons. The van der Waals surface area contributed by atoms with Crippen molar-refractivity contribution in [1.82, 2.24) is 5.32 Å². The maximum atomic E-state index is 13.3. The molecular weight excluding hydrogens is 355 g/mol. The molecule has 1 aromatic rings. The number of carbonyl (C=O) groups is 2. The van der Waals surface area contributed by atoms with Gasteiger partial charge in [-0.2, -0.15) is 0 Å². The van der Waals surface area contributed by atoms with Crippen LogP contribution in [0.4, 0.5) is 10.1 Å². The minimum atomic E-state index is -0.620. The molecule has 1 aliphatic carbocycles. The Morgan fingerprint density at radius 2 is 1.88 bits per heavy atom. The molecule has 6 heteroatoms. The fourth-order valence-corrected chi connectivity index (χ4v) is 3.50. The van der Waals surface area contributed by atoms with Crippen molar-refractivity contribution in [3.63, 3.8) is 0 Å². The first-order valence-corrected chi connectivity index (χ1v) is 9.70. The molecule has 1 aromatic carbocycles. The van der Waals surface area contributed by atoms with E-state index in [4.69, 9.17) is 11.6 Å². The maximum absolute atomic E-state index is 13.3. The molecule has 2 N–H and O–H groups in total. The summed E-state index contributed by atoms with van der Waals surface area (Å²) in [6.07, 6.45) is 4.38. The molecule has 0 spiro atoms. The van der Waals surface area contributed by atoms with E-state index in [1.165, 1.54) is 18.2 Å². The summed E-state index contributed by atoms with van der Waals surface area (Å²) < 4.78 is 13.3. The van der Waals surface area contributed by atoms with Gasteiger partial charge in [-0.3, -0.25) is 9.59 Å². The minimum absolute atomic E-state index is 0.0195. The highest BCUT2D eigenvalue weighted by atomic mass is 35.5. The van der Waals surface area contributed by atoms with Gasteiger partial charge in [-0.15, -0.1) is 0 Å². The first-order chi connectivity index (χ1) is 12.3. The number of nitrogens with one attached hydrogen (secondary N) is 2. The Labute approximate surface area is 159 Å². The van der Waals surface area contributed by atoms with Crippen molar-refractivity contribution in [2.75, 3.05) is 5.32 Å². The number of hydrogen-bond acceptors (Lipinski definition) is 2. The Morgan fingerprint density at radius 3 is 2.46 bits per heavy atom. The van der Waals surface area contributed by atoms with E-state index >= 15 is 0 Å². The molecule has 1 aliphatic rings. The van der Waals surface area contributed by atoms with Crippen molar-refractivity contribution in [2.45, 2.75) is 58.9 Å². The molecule has 0 bridgehead atoms. The smallest absolute Gasteiger partial charge is 0.246 e. The van der Waals surface area contributed by atoms with E-state index in [9.17, 15) is 14.0 Å². The van der Waals surface area contributed by atoms with Gasteiger partial charge in [-0.1, -0.05) is 32.4 Å². The Balaban J connectivity index is 2.01. The van der Waals surface area contributed by atoms with Crippen LogP contribution < -0.4 is 10.6 Å². The Morgan fingerprint density at radius 1 is 1.23 bits per heavy atom. The molecule has 2 amide bonds. The van der Waals surface area contributed by atoms with Crippen molar-refractivity contribution in [2.24, 2.45) is 17.8 Å². The topological polar surface area (TPSA) is 58.2 Å². The largest absolute Gasteiger partial charge is 0.344 e. The zero-order valence-electron chi connectivity index (χ0n) is 15.6. The monoisotopic (exact) mass is 382 g/mol. The first-order valence-electron chi connectivity index (χ1n) is 9.32. The fraction of sp³-hybridized carbons (Fsp3) is 0.600. The zero-order valence-corrected chi connectivity index (χ0v) is 16.4. The molecule has 0 heterocycles. The third kappa shape index (κ3) is 5.97. The quantitative estimate of drug-likeness (QED) is 0.744. The standard InChI is InChI=1S/C20H28ClFN2O2/c1-12(2)10-18(24-19(25)14-6-4-13(3)5-7-14)20(26)23-15-8-9-17(22)16(21)11-15/h8-9,11-14,18H,4-7,10H2,1-3H3,(H,23,26)(H,24,25)/t13?,14?,18-/m0/s1. The van der Waals surface area contributed by atoms with Gasteiger partial charge in [-0.25, -0.2) is 4.39 Å². The van der Waals surface area contributed by atoms with Gasteiger partial charge in [-0.05, 0) is 62.1 Å². The van der Waals surface area contributed by atoms with Gasteiger partial charge in [0, 0.05) is 11.6 Å². The van der Waals surface area contributed by atoms with Crippen molar-refractivity contribution < 1.29 is 14.0 Å². The van der Waals surface area contributed by atoms with Crippen LogP contribution in [0.3, 0.4) is 0 Å². The second-order valence-electron chi connectivity index (χ2n) is 7.77. The molecule has 2 rings (SSSR count). The van der Waals surface area contributed by atoms with Gasteiger partial charge in [0.25, 0.3) is 0 Å². The fourth-order valence-electron chi connectivity index (χ4n) is 3.32. The third-order valence-corrected chi connectivity index (χ3v) is 5.20. The van der Waals surface area contributed by atoms with E-state index in [2.05, 4.69) is 17.6 Å². The normalized spacial score (nSPS) is 21.3. The van der Waals surface area contributed by atoms with Crippen LogP contribution in [-0.2, 0) is 9.59 Å². The van der Waals surface area contributed by atoms with E-state index in [-0.39, 0.29) is 28.7 Å². The summed E-state index contributed by atoms with van der Waals surface area (Å²) in [4.78, 5) is 25.2. The van der Waals surface area contributed by atoms with Crippen LogP contribution in [0, 0.1) is 23.6 Å². The van der Waals surface area contributed by atoms with Crippen molar-refractivity contribution in [1.29, 1.82) is 0 Å². The van der Waals surface area contributed by atoms with Crippen molar-refractivity contribution in [3.05, 3.63) is 29.0 Å². The van der Waals surface area contributed by atoms with E-state index in [1.54, 1.807) is 0 Å². The lowest BCUT2D eigenvalue weighted by Crippen LogP contribution is -2.47. The van der Waals surface area contributed by atoms with Gasteiger partial charge >= 0.3 is 0 Å². The van der Waals surface area contributed by atoms with E-state index in [1.807, 2.05) is 13.8 Å². The third-order valence-electron chi connectivity index (χ3n) is 4.91. The van der Waals surface area contributed by atoms with Crippen LogP contribution in [0.15, 0.2) is 18.2 Å². The highest BCUT2D eigenvalue weighted by Crippen LogP contribution is 2.28. The Kier molecular flexibility index (Phi) is 7.44. The SMILES string of the molecule is CC(C)C[C@H](NC(=O)C1CCC(C)CC1)C(=O)Nc1ccc(F)c(Cl)c1. The average molecular weight is 383 g/mol. The molecule has 144 valence electrons. The van der Waals surface area contributed by atoms with Crippen molar-refractivity contribution >= 4 is 29.1 Å². The highest BCUT2D eigenvalue weighted by Gasteiger charge is 2.28. The van der Waals surface area contributed by atoms with Gasteiger partial charge < -0.3 is 10.6 Å². The average Bonchev–Trinajstić information content (AvgIpc) is 2.57. The first kappa shape index (κ1) is 20.7. The van der Waals surface area contributed by atoms with E-state index in [0.717, 1.165) is 25.7 Å². The van der Waals surface area contributed by atoms with E-state index < -0.39 is 11.9 Å². The summed E-state index contributed by atoms with van der Waals surface area (Å²) in [6, 6.07) is 3.41. The summed E-state index contributed by atoms with van der Waals surface area (Å²) in [5.74, 6) is -0.00263. The molecule has 1 fully saturated rings. The number of amides is 2. The number of halogens is 2. The lowest BCUT2D eigenvalue weighted by Gasteiger charge is -2.28. The summed E-state index contributed by atoms with van der Waals surface area (Å²) in [6.45, 7) is 6.21. The zero-order chi connectivity index (χ0) is 19.3. The predicted molar refractivity (Wildman–Crippen MR) is 103 cm³/mol. The predicted octanol–water partition coefficient (Wildman–Crippen LogP) is 4.77. The molecular formula is C20H28ClFN2O2. The number of benzene rings is 1. The molecule has 0 aliphatic heterocycles. The van der Waals surface area contributed by atoms with Crippen LogP contribution in [0.1, 0.15) is 52.9 Å². The number of hydrogen-bond donors (Lipinski definition) is 2. The molecule has 0 unspecified atom stereocenters. The van der Waals surface area contributed by atoms with E-state index in [0.29, 0.717) is 18.0 Å². The van der Waals surface area contributed by atoms with Crippen LogP contribution in [0.2, 0.25) is 5.02 Å². The molecule has 1 saturated carbocycles. The lowest BCUT2D eigenvalue weighted by molar-refractivity contribution is -0.130. The molecule has 1 atom stereocenters. The summed E-state index contributed by atoms with van der Waals surface area (Å²) in [5.41, 5.74) is 0.413. The van der Waals surface area contributed by atoms with Crippen LogP contribution in [0.25, 0.3) is 0 Å². The Hall–Kier alpha value is -1.62. The van der Waals surface area contributed by atoms with Crippen LogP contribution in [0.5, 0.6) is 0 Å². The summed E-state index contributed by atoms with van der Waals surface area (Å²) in [7, 11) is 0. The molecule has 26 heavy (non-hydrogen) atoms. The maximum Gasteiger partial charge on any atom is 0.246 e. The van der Waals surface area contributed by atoms with Crippen molar-refractivity contribution in [3.8, 4) is 0 Å². The lowest BCUT2D eigenvalue weighted by atomic mass is 9.82. The molecule has 0 aromatic heterocycles. The summed E-state index contributed by atoms with van der Waals surface area (Å²) >= 11 is 5.76. The number of rotatable bonds is 6. The number of carbonyl (C=O) groups excluding carboxylic acids is 2. The molecule has 0 saturated heterocycles. The second-order valence-corrected chi connectivity index (χ2v) is 8.17. The van der Waals surface area contributed by atoms with Crippen LogP contribution in [-0.4, -0.2) is 17.9 Å².